The first kappa shape index (κ1) is 13.9. The highest BCUT2D eigenvalue weighted by atomic mass is 29.2. The van der Waals surface area contributed by atoms with Crippen LogP contribution in [-0.2, 0) is 0 Å². The van der Waals surface area contributed by atoms with Crippen LogP contribution in [0, 0.1) is 0 Å². The molecule has 0 unspecified atom stereocenters. The highest BCUT2D eigenvalue weighted by molar-refractivity contribution is 7.22. The minimum atomic E-state index is -0.388. The molecule has 0 aromatic heterocycles. The Morgan fingerprint density at radius 3 is 1.57 bits per heavy atom. The molecule has 0 aliphatic rings. The van der Waals surface area contributed by atoms with Gasteiger partial charge in [-0.1, -0.05) is 50.2 Å². The molecule has 0 aromatic rings. The first-order chi connectivity index (χ1) is 6.79. The van der Waals surface area contributed by atoms with E-state index >= 15 is 0 Å². The quantitative estimate of drug-likeness (QED) is 0.415. The van der Waals surface area contributed by atoms with Crippen molar-refractivity contribution in [2.75, 3.05) is 0 Å². The summed E-state index contributed by atoms with van der Waals surface area (Å²) in [4.78, 5) is 0. The van der Waals surface area contributed by atoms with Gasteiger partial charge in [0.2, 0.25) is 0 Å². The Morgan fingerprint density at radius 1 is 0.857 bits per heavy atom. The monoisotopic (exact) mass is 226 g/mol. The van der Waals surface area contributed by atoms with Crippen molar-refractivity contribution in [2.24, 2.45) is 0 Å². The molecule has 0 N–H and O–H groups in total. The van der Waals surface area contributed by atoms with Crippen molar-refractivity contribution in [1.82, 2.24) is 0 Å². The van der Waals surface area contributed by atoms with Crippen LogP contribution in [0.25, 0.3) is 0 Å². The van der Waals surface area contributed by atoms with Crippen LogP contribution in [0.3, 0.4) is 0 Å². The van der Waals surface area contributed by atoms with E-state index in [0.717, 1.165) is 0 Å². The second kappa shape index (κ2) is 9.47. The molecule has 0 rings (SSSR count). The minimum absolute atomic E-state index is 0.327. The molecule has 2 heteroatoms. The summed E-state index contributed by atoms with van der Waals surface area (Å²) >= 11 is 0. The number of hydrogen-bond donors (Lipinski definition) is 0. The van der Waals surface area contributed by atoms with E-state index in [-0.39, 0.29) is 16.6 Å². The Balaban J connectivity index is 4.04. The van der Waals surface area contributed by atoms with Gasteiger partial charge < -0.3 is 0 Å². The Hall–Kier alpha value is -0.0862. The highest BCUT2D eigenvalue weighted by Crippen LogP contribution is 2.15. The van der Waals surface area contributed by atoms with Gasteiger partial charge in [-0.25, -0.2) is 0 Å². The third kappa shape index (κ3) is 5.60. The largest absolute Gasteiger partial charge is 0.103 e. The molecule has 0 fully saturated rings. The van der Waals surface area contributed by atoms with Gasteiger partial charge in [0.15, 0.2) is 0 Å². The van der Waals surface area contributed by atoms with Gasteiger partial charge in [0.1, 0.15) is 0 Å². The summed E-state index contributed by atoms with van der Waals surface area (Å²) in [5.74, 6) is 0. The molecule has 0 amide bonds. The maximum atomic E-state index is 3.84. The average molecular weight is 227 g/mol. The van der Waals surface area contributed by atoms with Crippen LogP contribution in [0.15, 0.2) is 25.3 Å². The molecule has 0 spiro atoms. The highest BCUT2D eigenvalue weighted by Gasteiger charge is 2.19. The van der Waals surface area contributed by atoms with Gasteiger partial charge in [-0.15, -0.1) is 13.2 Å². The predicted octanol–water partition coefficient (Wildman–Crippen LogP) is 3.71. The maximum absolute atomic E-state index is 3.84. The zero-order valence-electron chi connectivity index (χ0n) is 9.97. The van der Waals surface area contributed by atoms with Crippen molar-refractivity contribution in [3.05, 3.63) is 25.3 Å². The third-order valence-corrected chi connectivity index (χ3v) is 17.6. The average Bonchev–Trinajstić information content (AvgIpc) is 2.22. The van der Waals surface area contributed by atoms with Crippen molar-refractivity contribution in [1.29, 1.82) is 0 Å². The summed E-state index contributed by atoms with van der Waals surface area (Å²) in [5.41, 5.74) is 0. The Labute approximate surface area is 93.1 Å². The second-order valence-electron chi connectivity index (χ2n) is 4.07. The molecule has 0 aromatic carbocycles. The third-order valence-electron chi connectivity index (χ3n) is 3.20. The van der Waals surface area contributed by atoms with Crippen molar-refractivity contribution in [3.63, 3.8) is 0 Å². The fourth-order valence-corrected chi connectivity index (χ4v) is 14.7. The molecule has 0 atom stereocenters. The van der Waals surface area contributed by atoms with Crippen LogP contribution in [0.4, 0.5) is 0 Å². The van der Waals surface area contributed by atoms with Crippen LogP contribution in [0.2, 0.25) is 24.2 Å². The van der Waals surface area contributed by atoms with E-state index < -0.39 is 0 Å². The lowest BCUT2D eigenvalue weighted by Gasteiger charge is -2.21. The summed E-state index contributed by atoms with van der Waals surface area (Å²) < 4.78 is 0. The van der Waals surface area contributed by atoms with Crippen molar-refractivity contribution in [3.8, 4) is 0 Å². The van der Waals surface area contributed by atoms with E-state index in [2.05, 4.69) is 39.2 Å². The number of hydrogen-bond acceptors (Lipinski definition) is 0. The lowest BCUT2D eigenvalue weighted by molar-refractivity contribution is 1.13. The second-order valence-corrected chi connectivity index (χ2v) is 15.6. The fourth-order valence-electron chi connectivity index (χ4n) is 2.23. The van der Waals surface area contributed by atoms with Crippen molar-refractivity contribution in [2.45, 2.75) is 50.9 Å². The smallest absolute Gasteiger partial charge is 0.0286 e. The molecular weight excluding hydrogens is 200 g/mol. The van der Waals surface area contributed by atoms with Crippen molar-refractivity contribution < 1.29 is 0 Å². The standard InChI is InChI=1S/C12H26Si2/c1-5-9-11-14(12-10-6-2)13(7-3)8-4/h5-6,13-14H,1-2,7-12H2,3-4H3. The number of rotatable bonds is 9. The molecular formula is C12H26Si2. The lowest BCUT2D eigenvalue weighted by atomic mass is 10.5. The van der Waals surface area contributed by atoms with Crippen LogP contribution >= 0.6 is 0 Å². The molecule has 0 saturated carbocycles. The van der Waals surface area contributed by atoms with E-state index in [1.54, 1.807) is 0 Å². The van der Waals surface area contributed by atoms with E-state index in [0.29, 0.717) is 0 Å². The van der Waals surface area contributed by atoms with Gasteiger partial charge in [0.25, 0.3) is 0 Å². The van der Waals surface area contributed by atoms with Gasteiger partial charge >= 0.3 is 0 Å². The van der Waals surface area contributed by atoms with E-state index in [9.17, 15) is 0 Å². The van der Waals surface area contributed by atoms with Crippen molar-refractivity contribution >= 4 is 16.6 Å². The SMILES string of the molecule is C=CCC[SiH](CCC=C)[SiH](CC)CC. The summed E-state index contributed by atoms with van der Waals surface area (Å²) in [6, 6.07) is 6.05. The molecule has 0 bridgehead atoms. The lowest BCUT2D eigenvalue weighted by Crippen LogP contribution is -2.33. The Bertz CT molecular complexity index is 138. The van der Waals surface area contributed by atoms with Gasteiger partial charge in [-0.05, 0) is 12.8 Å². The molecule has 0 aliphatic heterocycles. The van der Waals surface area contributed by atoms with E-state index in [4.69, 9.17) is 0 Å². The summed E-state index contributed by atoms with van der Waals surface area (Å²) in [5, 5.41) is 0. The zero-order valence-corrected chi connectivity index (χ0v) is 12.3. The van der Waals surface area contributed by atoms with Gasteiger partial charge in [0, 0.05) is 16.6 Å². The maximum Gasteiger partial charge on any atom is 0.0286 e. The van der Waals surface area contributed by atoms with Gasteiger partial charge in [0.05, 0.1) is 0 Å². The molecule has 0 aliphatic carbocycles. The minimum Gasteiger partial charge on any atom is -0.103 e. The van der Waals surface area contributed by atoms with Crippen LogP contribution < -0.4 is 0 Å². The van der Waals surface area contributed by atoms with E-state index in [1.807, 2.05) is 0 Å². The molecule has 0 saturated heterocycles. The molecule has 0 radical (unpaired) electrons. The normalized spacial score (nSPS) is 10.9. The predicted molar refractivity (Wildman–Crippen MR) is 74.5 cm³/mol. The summed E-state index contributed by atoms with van der Waals surface area (Å²) in [7, 11) is -0.715. The van der Waals surface area contributed by atoms with Gasteiger partial charge in [-0.2, -0.15) is 0 Å². The first-order valence-electron chi connectivity index (χ1n) is 6.01. The van der Waals surface area contributed by atoms with Crippen LogP contribution in [0.1, 0.15) is 26.7 Å². The van der Waals surface area contributed by atoms with Crippen LogP contribution in [-0.4, -0.2) is 16.6 Å². The zero-order chi connectivity index (χ0) is 10.8. The number of allylic oxidation sites excluding steroid dienone is 2. The van der Waals surface area contributed by atoms with E-state index in [1.165, 1.54) is 37.0 Å². The van der Waals surface area contributed by atoms with Gasteiger partial charge in [-0.3, -0.25) is 0 Å². The first-order valence-corrected chi connectivity index (χ1v) is 11.9. The summed E-state index contributed by atoms with van der Waals surface area (Å²) in [6.45, 7) is 12.5. The fraction of sp³-hybridized carbons (Fsp3) is 0.667. The summed E-state index contributed by atoms with van der Waals surface area (Å²) in [6.07, 6.45) is 6.73. The topological polar surface area (TPSA) is 0 Å². The molecule has 14 heavy (non-hydrogen) atoms. The molecule has 0 heterocycles. The molecule has 82 valence electrons. The Kier molecular flexibility index (Phi) is 9.41. The Morgan fingerprint density at radius 2 is 1.29 bits per heavy atom. The molecule has 0 nitrogen and oxygen atoms in total. The van der Waals surface area contributed by atoms with Crippen LogP contribution in [0.5, 0.6) is 0 Å².